The zero-order valence-electron chi connectivity index (χ0n) is 11.3. The van der Waals surface area contributed by atoms with Gasteiger partial charge in [0.05, 0.1) is 22.9 Å². The van der Waals surface area contributed by atoms with Gasteiger partial charge in [-0.05, 0) is 12.1 Å². The fraction of sp³-hybridized carbons (Fsp3) is 0.333. The molecule has 1 aromatic rings. The molecule has 0 radical (unpaired) electrons. The van der Waals surface area contributed by atoms with E-state index >= 15 is 0 Å². The van der Waals surface area contributed by atoms with Crippen molar-refractivity contribution in [3.63, 3.8) is 0 Å². The largest absolute Gasteiger partial charge is 0.478 e. The zero-order valence-corrected chi connectivity index (χ0v) is 12.1. The molecule has 0 aromatic carbocycles. The van der Waals surface area contributed by atoms with Crippen LogP contribution in [0.1, 0.15) is 10.4 Å². The number of amides is 3. The molecule has 0 aliphatic heterocycles. The van der Waals surface area contributed by atoms with Crippen LogP contribution >= 0.6 is 11.8 Å². The molecule has 1 heterocycles. The van der Waals surface area contributed by atoms with Crippen molar-refractivity contribution in [2.75, 3.05) is 26.0 Å². The van der Waals surface area contributed by atoms with Crippen molar-refractivity contribution in [2.24, 2.45) is 0 Å². The Morgan fingerprint density at radius 2 is 2.14 bits per heavy atom. The average molecular weight is 313 g/mol. The number of hydrogen-bond donors (Lipinski definition) is 3. The Balaban J connectivity index is 2.32. The lowest BCUT2D eigenvalue weighted by atomic mass is 10.3. The van der Waals surface area contributed by atoms with E-state index in [9.17, 15) is 14.4 Å². The van der Waals surface area contributed by atoms with Crippen molar-refractivity contribution in [1.29, 1.82) is 0 Å². The summed E-state index contributed by atoms with van der Waals surface area (Å²) >= 11 is 1.10. The Kier molecular flexibility index (Phi) is 7.19. The number of urea groups is 1. The van der Waals surface area contributed by atoms with Gasteiger partial charge in [0.15, 0.2) is 0 Å². The quantitative estimate of drug-likeness (QED) is 0.491. The van der Waals surface area contributed by atoms with Crippen molar-refractivity contribution in [3.05, 3.63) is 23.9 Å². The first-order valence-corrected chi connectivity index (χ1v) is 6.90. The molecule has 21 heavy (non-hydrogen) atoms. The predicted molar refractivity (Wildman–Crippen MR) is 75.3 cm³/mol. The third kappa shape index (κ3) is 6.72. The normalized spacial score (nSPS) is 9.95. The van der Waals surface area contributed by atoms with Crippen LogP contribution in [0.4, 0.5) is 4.79 Å². The van der Waals surface area contributed by atoms with Gasteiger partial charge in [0.1, 0.15) is 0 Å². The summed E-state index contributed by atoms with van der Waals surface area (Å²) in [7, 11) is 1.50. The highest BCUT2D eigenvalue weighted by Gasteiger charge is 2.09. The van der Waals surface area contributed by atoms with Gasteiger partial charge < -0.3 is 15.2 Å². The Labute approximate surface area is 125 Å². The topological polar surface area (TPSA) is 118 Å². The number of methoxy groups -OCH3 is 1. The molecular weight excluding hydrogens is 298 g/mol. The molecule has 0 atom stereocenters. The van der Waals surface area contributed by atoms with Crippen molar-refractivity contribution < 1.29 is 24.2 Å². The standard InChI is InChI=1S/C12H15N3O5S/c1-20-5-4-13-12(19)15-9(16)7-21-10-3-2-8(6-14-10)11(17)18/h2-3,6H,4-5,7H2,1H3,(H,17,18)(H2,13,15,16,19). The van der Waals surface area contributed by atoms with Crippen LogP contribution in [0, 0.1) is 0 Å². The number of thioether (sulfide) groups is 1. The van der Waals surface area contributed by atoms with Gasteiger partial charge in [-0.2, -0.15) is 0 Å². The van der Waals surface area contributed by atoms with Crippen LogP contribution in [0.25, 0.3) is 0 Å². The molecule has 0 bridgehead atoms. The number of carboxylic acid groups (broad SMARTS) is 1. The maximum absolute atomic E-state index is 11.5. The van der Waals surface area contributed by atoms with Crippen molar-refractivity contribution in [1.82, 2.24) is 15.6 Å². The summed E-state index contributed by atoms with van der Waals surface area (Å²) in [6.07, 6.45) is 1.21. The second-order valence-electron chi connectivity index (χ2n) is 3.78. The number of ether oxygens (including phenoxy) is 1. The van der Waals surface area contributed by atoms with Crippen LogP contribution in [-0.4, -0.2) is 54.0 Å². The fourth-order valence-corrected chi connectivity index (χ4v) is 1.85. The first kappa shape index (κ1) is 16.9. The Morgan fingerprint density at radius 1 is 1.38 bits per heavy atom. The molecular formula is C12H15N3O5S. The number of aromatic nitrogens is 1. The lowest BCUT2D eigenvalue weighted by Crippen LogP contribution is -2.41. The van der Waals surface area contributed by atoms with Crippen molar-refractivity contribution in [2.45, 2.75) is 5.03 Å². The molecule has 114 valence electrons. The molecule has 8 nitrogen and oxygen atoms in total. The molecule has 1 rings (SSSR count). The average Bonchev–Trinajstić information content (AvgIpc) is 2.46. The van der Waals surface area contributed by atoms with Crippen LogP contribution < -0.4 is 10.6 Å². The maximum atomic E-state index is 11.5. The van der Waals surface area contributed by atoms with Gasteiger partial charge in [-0.1, -0.05) is 11.8 Å². The minimum atomic E-state index is -1.07. The van der Waals surface area contributed by atoms with E-state index in [2.05, 4.69) is 15.6 Å². The Morgan fingerprint density at radius 3 is 2.71 bits per heavy atom. The molecule has 0 saturated heterocycles. The summed E-state index contributed by atoms with van der Waals surface area (Å²) in [6, 6.07) is 2.31. The van der Waals surface area contributed by atoms with Crippen molar-refractivity contribution in [3.8, 4) is 0 Å². The molecule has 1 aromatic heterocycles. The molecule has 9 heteroatoms. The van der Waals surface area contributed by atoms with Gasteiger partial charge in [-0.3, -0.25) is 10.1 Å². The lowest BCUT2D eigenvalue weighted by molar-refractivity contribution is -0.117. The fourth-order valence-electron chi connectivity index (χ4n) is 1.21. The predicted octanol–water partition coefficient (Wildman–Crippen LogP) is 0.344. The van der Waals surface area contributed by atoms with Gasteiger partial charge in [0, 0.05) is 19.9 Å². The maximum Gasteiger partial charge on any atom is 0.337 e. The van der Waals surface area contributed by atoms with Crippen LogP contribution in [-0.2, 0) is 9.53 Å². The SMILES string of the molecule is COCCNC(=O)NC(=O)CSc1ccc(C(=O)O)cn1. The van der Waals surface area contributed by atoms with Crippen LogP contribution in [0.5, 0.6) is 0 Å². The molecule has 0 fully saturated rings. The second-order valence-corrected chi connectivity index (χ2v) is 4.77. The molecule has 0 aliphatic carbocycles. The number of aromatic carboxylic acids is 1. The molecule has 0 saturated carbocycles. The number of nitrogens with zero attached hydrogens (tertiary/aromatic N) is 1. The van der Waals surface area contributed by atoms with Gasteiger partial charge >= 0.3 is 12.0 Å². The van der Waals surface area contributed by atoms with Crippen LogP contribution in [0.15, 0.2) is 23.4 Å². The summed E-state index contributed by atoms with van der Waals surface area (Å²) in [5, 5.41) is 13.8. The number of hydrogen-bond acceptors (Lipinski definition) is 6. The lowest BCUT2D eigenvalue weighted by Gasteiger charge is -2.06. The summed E-state index contributed by atoms with van der Waals surface area (Å²) in [6.45, 7) is 0.664. The summed E-state index contributed by atoms with van der Waals surface area (Å²) < 4.78 is 4.75. The minimum Gasteiger partial charge on any atom is -0.478 e. The van der Waals surface area contributed by atoms with E-state index in [1.165, 1.54) is 25.4 Å². The number of carbonyl (C=O) groups excluding carboxylic acids is 2. The zero-order chi connectivity index (χ0) is 15.7. The van der Waals surface area contributed by atoms with Crippen LogP contribution in [0.2, 0.25) is 0 Å². The van der Waals surface area contributed by atoms with Gasteiger partial charge in [0.25, 0.3) is 0 Å². The first-order chi connectivity index (χ1) is 10.0. The van der Waals surface area contributed by atoms with Crippen molar-refractivity contribution >= 4 is 29.7 Å². The first-order valence-electron chi connectivity index (χ1n) is 5.91. The second kappa shape index (κ2) is 8.93. The molecule has 0 spiro atoms. The van der Waals surface area contributed by atoms with E-state index in [-0.39, 0.29) is 11.3 Å². The monoisotopic (exact) mass is 313 g/mol. The smallest absolute Gasteiger partial charge is 0.337 e. The van der Waals surface area contributed by atoms with Gasteiger partial charge in [-0.15, -0.1) is 0 Å². The van der Waals surface area contributed by atoms with E-state index in [1.807, 2.05) is 0 Å². The van der Waals surface area contributed by atoms with E-state index in [1.54, 1.807) is 0 Å². The molecule has 0 unspecified atom stereocenters. The molecule has 3 N–H and O–H groups in total. The van der Waals surface area contributed by atoms with E-state index in [0.29, 0.717) is 18.2 Å². The number of carboxylic acids is 1. The summed E-state index contributed by atoms with van der Waals surface area (Å²) in [5.41, 5.74) is 0.0707. The summed E-state index contributed by atoms with van der Waals surface area (Å²) in [4.78, 5) is 37.3. The highest BCUT2D eigenvalue weighted by atomic mass is 32.2. The van der Waals surface area contributed by atoms with E-state index in [4.69, 9.17) is 9.84 Å². The van der Waals surface area contributed by atoms with Gasteiger partial charge in [-0.25, -0.2) is 14.6 Å². The van der Waals surface area contributed by atoms with E-state index in [0.717, 1.165) is 11.8 Å². The van der Waals surface area contributed by atoms with E-state index < -0.39 is 17.9 Å². The van der Waals surface area contributed by atoms with Gasteiger partial charge in [0.2, 0.25) is 5.91 Å². The number of carbonyl (C=O) groups is 3. The molecule has 0 aliphatic rings. The number of rotatable bonds is 7. The Bertz CT molecular complexity index is 506. The number of nitrogens with one attached hydrogen (secondary N) is 2. The Hall–Kier alpha value is -2.13. The third-order valence-electron chi connectivity index (χ3n) is 2.18. The highest BCUT2D eigenvalue weighted by molar-refractivity contribution is 7.99. The minimum absolute atomic E-state index is 0.00286. The number of imide groups is 1. The molecule has 3 amide bonds. The van der Waals surface area contributed by atoms with Crippen LogP contribution in [0.3, 0.4) is 0 Å². The number of pyridine rings is 1. The summed E-state index contributed by atoms with van der Waals surface area (Å²) in [5.74, 6) is -1.54. The highest BCUT2D eigenvalue weighted by Crippen LogP contribution is 2.14. The third-order valence-corrected chi connectivity index (χ3v) is 3.12.